The van der Waals surface area contributed by atoms with Gasteiger partial charge in [-0.05, 0) is 6.92 Å². The Morgan fingerprint density at radius 3 is 3.18 bits per heavy atom. The van der Waals surface area contributed by atoms with E-state index in [0.717, 1.165) is 0 Å². The average molecular weight is 152 g/mol. The molecule has 1 rings (SSSR count). The maximum absolute atomic E-state index is 9.20. The molecule has 60 valence electrons. The molecule has 3 nitrogen and oxygen atoms in total. The summed E-state index contributed by atoms with van der Waals surface area (Å²) in [5.74, 6) is 0.685. The number of aliphatic hydroxyl groups is 1. The molecular weight excluding hydrogens is 140 g/mol. The number of allylic oxidation sites excluding steroid dienone is 1. The van der Waals surface area contributed by atoms with Gasteiger partial charge in [-0.2, -0.15) is 0 Å². The van der Waals surface area contributed by atoms with Gasteiger partial charge < -0.3 is 9.67 Å². The summed E-state index contributed by atoms with van der Waals surface area (Å²) < 4.78 is 1.86. The number of nitrogens with zero attached hydrogens (tertiary/aromatic N) is 2. The number of hydrogen-bond donors (Lipinski definition) is 1. The fraction of sp³-hybridized carbons (Fsp3) is 0.375. The third kappa shape index (κ3) is 1.68. The van der Waals surface area contributed by atoms with E-state index >= 15 is 0 Å². The Kier molecular flexibility index (Phi) is 2.44. The van der Waals surface area contributed by atoms with E-state index in [1.54, 1.807) is 19.2 Å². The molecule has 0 aliphatic heterocycles. The Balaban J connectivity index is 2.86. The van der Waals surface area contributed by atoms with Crippen molar-refractivity contribution in [2.75, 3.05) is 0 Å². The van der Waals surface area contributed by atoms with Crippen LogP contribution in [-0.2, 0) is 6.54 Å². The highest BCUT2D eigenvalue weighted by atomic mass is 16.3. The Bertz CT molecular complexity index is 240. The standard InChI is InChI=1S/C8H12N2O/c1-3-5-10-6-4-9-8(10)7(2)11/h3-4,6-7,11H,1,5H2,2H3. The predicted molar refractivity (Wildman–Crippen MR) is 43.1 cm³/mol. The molecule has 0 saturated carbocycles. The first kappa shape index (κ1) is 8.01. The van der Waals surface area contributed by atoms with E-state index in [4.69, 9.17) is 0 Å². The molecule has 0 radical (unpaired) electrons. The highest BCUT2D eigenvalue weighted by Crippen LogP contribution is 2.08. The van der Waals surface area contributed by atoms with Crippen molar-refractivity contribution in [3.05, 3.63) is 30.9 Å². The first-order valence-corrected chi connectivity index (χ1v) is 3.55. The molecule has 1 unspecified atom stereocenters. The van der Waals surface area contributed by atoms with Gasteiger partial charge in [0.15, 0.2) is 0 Å². The van der Waals surface area contributed by atoms with Gasteiger partial charge in [-0.25, -0.2) is 4.98 Å². The Morgan fingerprint density at radius 1 is 1.91 bits per heavy atom. The Labute approximate surface area is 66.0 Å². The molecule has 0 spiro atoms. The second-order valence-electron chi connectivity index (χ2n) is 2.40. The van der Waals surface area contributed by atoms with E-state index < -0.39 is 6.10 Å². The average Bonchev–Trinajstić information content (AvgIpc) is 2.36. The van der Waals surface area contributed by atoms with E-state index in [1.165, 1.54) is 0 Å². The highest BCUT2D eigenvalue weighted by molar-refractivity contribution is 4.96. The smallest absolute Gasteiger partial charge is 0.137 e. The largest absolute Gasteiger partial charge is 0.385 e. The third-order valence-corrected chi connectivity index (χ3v) is 1.45. The molecule has 0 aliphatic carbocycles. The van der Waals surface area contributed by atoms with Crippen molar-refractivity contribution >= 4 is 0 Å². The van der Waals surface area contributed by atoms with E-state index in [1.807, 2.05) is 10.8 Å². The van der Waals surface area contributed by atoms with Crippen LogP contribution in [0, 0.1) is 0 Å². The fourth-order valence-electron chi connectivity index (χ4n) is 0.982. The van der Waals surface area contributed by atoms with Crippen molar-refractivity contribution in [2.45, 2.75) is 19.6 Å². The molecular formula is C8H12N2O. The summed E-state index contributed by atoms with van der Waals surface area (Å²) in [7, 11) is 0. The molecule has 0 saturated heterocycles. The van der Waals surface area contributed by atoms with Gasteiger partial charge in [-0.3, -0.25) is 0 Å². The highest BCUT2D eigenvalue weighted by Gasteiger charge is 2.05. The summed E-state index contributed by atoms with van der Waals surface area (Å²) in [4.78, 5) is 4.00. The summed E-state index contributed by atoms with van der Waals surface area (Å²) in [6.45, 7) is 6.00. The summed E-state index contributed by atoms with van der Waals surface area (Å²) in [5, 5.41) is 9.20. The summed E-state index contributed by atoms with van der Waals surface area (Å²) in [5.41, 5.74) is 0. The molecule has 1 aromatic rings. The van der Waals surface area contributed by atoms with Crippen molar-refractivity contribution in [1.82, 2.24) is 9.55 Å². The first-order valence-electron chi connectivity index (χ1n) is 3.55. The summed E-state index contributed by atoms with van der Waals surface area (Å²) in [6.07, 6.45) is 4.76. The molecule has 0 aliphatic rings. The van der Waals surface area contributed by atoms with E-state index in [2.05, 4.69) is 11.6 Å². The topological polar surface area (TPSA) is 38.0 Å². The fourth-order valence-corrected chi connectivity index (χ4v) is 0.982. The molecule has 1 aromatic heterocycles. The molecule has 1 atom stereocenters. The van der Waals surface area contributed by atoms with Crippen molar-refractivity contribution in [1.29, 1.82) is 0 Å². The lowest BCUT2D eigenvalue weighted by Gasteiger charge is -2.05. The lowest BCUT2D eigenvalue weighted by molar-refractivity contribution is 0.184. The van der Waals surface area contributed by atoms with E-state index in [-0.39, 0.29) is 0 Å². The Morgan fingerprint density at radius 2 is 2.64 bits per heavy atom. The number of rotatable bonds is 3. The quantitative estimate of drug-likeness (QED) is 0.659. The number of aliphatic hydroxyl groups excluding tert-OH is 1. The molecule has 1 heterocycles. The van der Waals surface area contributed by atoms with Gasteiger partial charge in [-0.15, -0.1) is 6.58 Å². The second kappa shape index (κ2) is 3.34. The normalized spacial score (nSPS) is 12.9. The van der Waals surface area contributed by atoms with Crippen molar-refractivity contribution < 1.29 is 5.11 Å². The minimum absolute atomic E-state index is 0.509. The number of aromatic nitrogens is 2. The molecule has 0 fully saturated rings. The molecule has 1 N–H and O–H groups in total. The lowest BCUT2D eigenvalue weighted by atomic mass is 10.4. The van der Waals surface area contributed by atoms with Crippen LogP contribution >= 0.6 is 0 Å². The zero-order valence-corrected chi connectivity index (χ0v) is 6.57. The van der Waals surface area contributed by atoms with Crippen molar-refractivity contribution in [3.63, 3.8) is 0 Å². The SMILES string of the molecule is C=CCn1ccnc1C(C)O. The van der Waals surface area contributed by atoms with Crippen molar-refractivity contribution in [3.8, 4) is 0 Å². The monoisotopic (exact) mass is 152 g/mol. The minimum Gasteiger partial charge on any atom is -0.385 e. The number of imidazole rings is 1. The molecule has 3 heteroatoms. The molecule has 0 aromatic carbocycles. The second-order valence-corrected chi connectivity index (χ2v) is 2.40. The zero-order chi connectivity index (χ0) is 8.27. The maximum Gasteiger partial charge on any atom is 0.137 e. The summed E-state index contributed by atoms with van der Waals surface area (Å²) in [6, 6.07) is 0. The Hall–Kier alpha value is -1.09. The molecule has 0 amide bonds. The van der Waals surface area contributed by atoms with Crippen LogP contribution in [0.15, 0.2) is 25.0 Å². The van der Waals surface area contributed by atoms with Crippen LogP contribution in [0.3, 0.4) is 0 Å². The van der Waals surface area contributed by atoms with Gasteiger partial charge in [0.1, 0.15) is 11.9 Å². The van der Waals surface area contributed by atoms with Crippen LogP contribution < -0.4 is 0 Å². The predicted octanol–water partition coefficient (Wildman–Crippen LogP) is 1.12. The van der Waals surface area contributed by atoms with Gasteiger partial charge >= 0.3 is 0 Å². The van der Waals surface area contributed by atoms with Gasteiger partial charge in [-0.1, -0.05) is 6.08 Å². The van der Waals surface area contributed by atoms with Crippen LogP contribution in [0.25, 0.3) is 0 Å². The van der Waals surface area contributed by atoms with Crippen LogP contribution in [0.5, 0.6) is 0 Å². The van der Waals surface area contributed by atoms with Gasteiger partial charge in [0.05, 0.1) is 0 Å². The van der Waals surface area contributed by atoms with Crippen LogP contribution in [0.1, 0.15) is 18.9 Å². The molecule has 11 heavy (non-hydrogen) atoms. The van der Waals surface area contributed by atoms with E-state index in [0.29, 0.717) is 12.4 Å². The van der Waals surface area contributed by atoms with E-state index in [9.17, 15) is 5.11 Å². The number of hydrogen-bond acceptors (Lipinski definition) is 2. The van der Waals surface area contributed by atoms with Crippen LogP contribution in [-0.4, -0.2) is 14.7 Å². The van der Waals surface area contributed by atoms with Crippen LogP contribution in [0.4, 0.5) is 0 Å². The van der Waals surface area contributed by atoms with Gasteiger partial charge in [0, 0.05) is 18.9 Å². The van der Waals surface area contributed by atoms with Gasteiger partial charge in [0.25, 0.3) is 0 Å². The van der Waals surface area contributed by atoms with Crippen LogP contribution in [0.2, 0.25) is 0 Å². The first-order chi connectivity index (χ1) is 5.25. The third-order valence-electron chi connectivity index (χ3n) is 1.45. The summed E-state index contributed by atoms with van der Waals surface area (Å²) >= 11 is 0. The zero-order valence-electron chi connectivity index (χ0n) is 6.57. The maximum atomic E-state index is 9.20. The van der Waals surface area contributed by atoms with Gasteiger partial charge in [0.2, 0.25) is 0 Å². The van der Waals surface area contributed by atoms with Crippen molar-refractivity contribution in [2.24, 2.45) is 0 Å². The molecule has 0 bridgehead atoms. The lowest BCUT2D eigenvalue weighted by Crippen LogP contribution is -2.04. The minimum atomic E-state index is -0.509.